The summed E-state index contributed by atoms with van der Waals surface area (Å²) in [7, 11) is 1.66. The molecular weight excluding hydrogens is 398 g/mol. The highest BCUT2D eigenvalue weighted by Crippen LogP contribution is 2.33. The number of aromatic nitrogens is 3. The van der Waals surface area contributed by atoms with Crippen molar-refractivity contribution in [2.24, 2.45) is 0 Å². The summed E-state index contributed by atoms with van der Waals surface area (Å²) < 4.78 is 7.33. The maximum absolute atomic E-state index is 12.9. The van der Waals surface area contributed by atoms with Crippen LogP contribution in [0.25, 0.3) is 0 Å². The van der Waals surface area contributed by atoms with Gasteiger partial charge < -0.3 is 14.5 Å². The van der Waals surface area contributed by atoms with Crippen LogP contribution in [0.2, 0.25) is 0 Å². The molecule has 0 N–H and O–H groups in total. The Labute approximate surface area is 179 Å². The number of fused-ring (bicyclic) bond motifs is 2. The molecule has 154 valence electrons. The van der Waals surface area contributed by atoms with Crippen LogP contribution in [0.1, 0.15) is 12.0 Å². The van der Waals surface area contributed by atoms with E-state index in [1.54, 1.807) is 7.11 Å². The topological polar surface area (TPSA) is 63.5 Å². The number of benzene rings is 2. The molecule has 2 aliphatic rings. The number of hydrogen-bond donors (Lipinski definition) is 0. The van der Waals surface area contributed by atoms with Crippen molar-refractivity contribution in [2.45, 2.75) is 24.5 Å². The number of anilines is 3. The normalized spacial score (nSPS) is 15.1. The molecule has 1 aromatic heterocycles. The van der Waals surface area contributed by atoms with E-state index in [0.717, 1.165) is 60.7 Å². The van der Waals surface area contributed by atoms with Crippen LogP contribution in [-0.2, 0) is 17.8 Å². The number of aryl methyl sites for hydroxylation is 1. The first kappa shape index (κ1) is 19.0. The fraction of sp³-hybridized carbons (Fsp3) is 0.318. The van der Waals surface area contributed by atoms with Crippen molar-refractivity contribution in [1.29, 1.82) is 0 Å². The summed E-state index contributed by atoms with van der Waals surface area (Å²) in [4.78, 5) is 17.0. The molecule has 0 aliphatic carbocycles. The van der Waals surface area contributed by atoms with E-state index in [1.165, 1.54) is 17.3 Å². The predicted octanol–water partition coefficient (Wildman–Crippen LogP) is 3.51. The van der Waals surface area contributed by atoms with E-state index in [-0.39, 0.29) is 5.91 Å². The van der Waals surface area contributed by atoms with E-state index in [0.29, 0.717) is 5.75 Å². The maximum atomic E-state index is 12.9. The van der Waals surface area contributed by atoms with Gasteiger partial charge in [0.05, 0.1) is 12.9 Å². The third kappa shape index (κ3) is 3.41. The molecule has 0 bridgehead atoms. The highest BCUT2D eigenvalue weighted by atomic mass is 32.2. The van der Waals surface area contributed by atoms with Gasteiger partial charge >= 0.3 is 0 Å². The van der Waals surface area contributed by atoms with Gasteiger partial charge in [-0.3, -0.25) is 9.36 Å². The quantitative estimate of drug-likeness (QED) is 0.588. The van der Waals surface area contributed by atoms with Gasteiger partial charge in [0.1, 0.15) is 5.75 Å². The Balaban J connectivity index is 1.28. The highest BCUT2D eigenvalue weighted by Gasteiger charge is 2.27. The Morgan fingerprint density at radius 2 is 1.90 bits per heavy atom. The lowest BCUT2D eigenvalue weighted by Crippen LogP contribution is -2.36. The van der Waals surface area contributed by atoms with Crippen molar-refractivity contribution in [3.8, 4) is 5.75 Å². The van der Waals surface area contributed by atoms with Crippen LogP contribution in [0.15, 0.2) is 53.7 Å². The molecule has 0 saturated carbocycles. The van der Waals surface area contributed by atoms with Crippen LogP contribution in [0.5, 0.6) is 5.75 Å². The lowest BCUT2D eigenvalue weighted by Gasteiger charge is -2.29. The predicted molar refractivity (Wildman–Crippen MR) is 118 cm³/mol. The van der Waals surface area contributed by atoms with Gasteiger partial charge in [-0.05, 0) is 48.7 Å². The van der Waals surface area contributed by atoms with Crippen molar-refractivity contribution in [3.05, 3.63) is 54.1 Å². The van der Waals surface area contributed by atoms with Crippen molar-refractivity contribution in [3.63, 3.8) is 0 Å². The van der Waals surface area contributed by atoms with Gasteiger partial charge in [0.25, 0.3) is 0 Å². The largest absolute Gasteiger partial charge is 0.497 e. The van der Waals surface area contributed by atoms with Crippen LogP contribution in [0.4, 0.5) is 17.3 Å². The number of carbonyl (C=O) groups excluding carboxylic acids is 1. The molecule has 0 fully saturated rings. The average Bonchev–Trinajstić information content (AvgIpc) is 3.39. The summed E-state index contributed by atoms with van der Waals surface area (Å²) in [5.74, 6) is 2.12. The minimum atomic E-state index is 0.120. The van der Waals surface area contributed by atoms with Gasteiger partial charge in [-0.2, -0.15) is 0 Å². The van der Waals surface area contributed by atoms with E-state index < -0.39 is 0 Å². The SMILES string of the molecule is COc1ccc(N2CCn3c(SCC(=O)N4CCCc5ccccc54)nnc32)cc1. The smallest absolute Gasteiger partial charge is 0.237 e. The number of para-hydroxylation sites is 1. The zero-order valence-corrected chi connectivity index (χ0v) is 17.6. The fourth-order valence-corrected chi connectivity index (χ4v) is 4.92. The maximum Gasteiger partial charge on any atom is 0.237 e. The second-order valence-electron chi connectivity index (χ2n) is 7.35. The number of rotatable bonds is 5. The summed E-state index contributed by atoms with van der Waals surface area (Å²) in [6, 6.07) is 16.1. The summed E-state index contributed by atoms with van der Waals surface area (Å²) in [6.07, 6.45) is 2.04. The van der Waals surface area contributed by atoms with Crippen LogP contribution < -0.4 is 14.5 Å². The zero-order chi connectivity index (χ0) is 20.5. The summed E-state index contributed by atoms with van der Waals surface area (Å²) in [5.41, 5.74) is 3.35. The molecule has 0 unspecified atom stereocenters. The van der Waals surface area contributed by atoms with Gasteiger partial charge in [0.15, 0.2) is 5.16 Å². The molecule has 7 nitrogen and oxygen atoms in total. The Hall–Kier alpha value is -3.00. The number of hydrogen-bond acceptors (Lipinski definition) is 6. The molecule has 0 saturated heterocycles. The summed E-state index contributed by atoms with van der Waals surface area (Å²) in [5, 5.41) is 9.52. The van der Waals surface area contributed by atoms with Gasteiger partial charge in [-0.15, -0.1) is 10.2 Å². The fourth-order valence-electron chi connectivity index (χ4n) is 4.09. The van der Waals surface area contributed by atoms with Gasteiger partial charge in [0, 0.05) is 31.0 Å². The molecule has 0 radical (unpaired) electrons. The molecule has 2 aromatic carbocycles. The van der Waals surface area contributed by atoms with Crippen LogP contribution in [0.3, 0.4) is 0 Å². The molecule has 30 heavy (non-hydrogen) atoms. The minimum absolute atomic E-state index is 0.120. The van der Waals surface area contributed by atoms with Crippen LogP contribution >= 0.6 is 11.8 Å². The second-order valence-corrected chi connectivity index (χ2v) is 8.29. The van der Waals surface area contributed by atoms with Gasteiger partial charge in [-0.1, -0.05) is 30.0 Å². The monoisotopic (exact) mass is 421 g/mol. The first-order valence-corrected chi connectivity index (χ1v) is 11.1. The van der Waals surface area contributed by atoms with Crippen LogP contribution in [0, 0.1) is 0 Å². The Morgan fingerprint density at radius 1 is 1.07 bits per heavy atom. The third-order valence-corrected chi connectivity index (χ3v) is 6.56. The Bertz CT molecular complexity index is 1070. The summed E-state index contributed by atoms with van der Waals surface area (Å²) >= 11 is 1.46. The molecule has 2 aliphatic heterocycles. The van der Waals surface area contributed by atoms with Crippen molar-refractivity contribution < 1.29 is 9.53 Å². The minimum Gasteiger partial charge on any atom is -0.497 e. The molecule has 8 heteroatoms. The van der Waals surface area contributed by atoms with E-state index in [9.17, 15) is 4.79 Å². The van der Waals surface area contributed by atoms with Gasteiger partial charge in [-0.25, -0.2) is 0 Å². The number of nitrogens with zero attached hydrogens (tertiary/aromatic N) is 5. The van der Waals surface area contributed by atoms with Gasteiger partial charge in [0.2, 0.25) is 11.9 Å². The van der Waals surface area contributed by atoms with Crippen molar-refractivity contribution >= 4 is 35.0 Å². The summed E-state index contributed by atoms with van der Waals surface area (Å²) in [6.45, 7) is 2.41. The number of amides is 1. The number of methoxy groups -OCH3 is 1. The molecule has 3 heterocycles. The van der Waals surface area contributed by atoms with Crippen LogP contribution in [-0.4, -0.2) is 46.6 Å². The lowest BCUT2D eigenvalue weighted by molar-refractivity contribution is -0.116. The van der Waals surface area contributed by atoms with E-state index in [2.05, 4.69) is 25.7 Å². The number of ether oxygens (including phenoxy) is 1. The zero-order valence-electron chi connectivity index (χ0n) is 16.8. The molecule has 1 amide bonds. The molecular formula is C22H23N5O2S. The number of thioether (sulfide) groups is 1. The van der Waals surface area contributed by atoms with E-state index in [4.69, 9.17) is 4.74 Å². The molecule has 0 atom stereocenters. The number of carbonyl (C=O) groups is 1. The van der Waals surface area contributed by atoms with Crippen molar-refractivity contribution in [1.82, 2.24) is 14.8 Å². The Morgan fingerprint density at radius 3 is 2.73 bits per heavy atom. The first-order chi connectivity index (χ1) is 14.7. The highest BCUT2D eigenvalue weighted by molar-refractivity contribution is 7.99. The standard InChI is InChI=1S/C22H23N5O2S/c1-29-18-10-8-17(9-11-18)25-13-14-27-21(25)23-24-22(27)30-15-20(28)26-12-4-6-16-5-2-3-7-19(16)26/h2-3,5,7-11H,4,6,12-15H2,1H3. The first-order valence-electron chi connectivity index (χ1n) is 10.1. The Kier molecular flexibility index (Phi) is 5.08. The average molecular weight is 422 g/mol. The molecule has 3 aromatic rings. The third-order valence-electron chi connectivity index (χ3n) is 5.61. The van der Waals surface area contributed by atoms with Crippen molar-refractivity contribution in [2.75, 3.05) is 35.8 Å². The molecule has 0 spiro atoms. The van der Waals surface area contributed by atoms with E-state index in [1.807, 2.05) is 47.4 Å². The molecule has 5 rings (SSSR count). The van der Waals surface area contributed by atoms with E-state index >= 15 is 0 Å². The lowest BCUT2D eigenvalue weighted by atomic mass is 10.0. The second kappa shape index (κ2) is 8.02.